The lowest BCUT2D eigenvalue weighted by atomic mass is 10.1. The van der Waals surface area contributed by atoms with Crippen LogP contribution in [0.3, 0.4) is 0 Å². The van der Waals surface area contributed by atoms with Gasteiger partial charge in [0, 0.05) is 18.7 Å². The zero-order valence-corrected chi connectivity index (χ0v) is 13.1. The number of benzene rings is 1. The Kier molecular flexibility index (Phi) is 6.19. The van der Waals surface area contributed by atoms with Gasteiger partial charge in [-0.15, -0.1) is 0 Å². The van der Waals surface area contributed by atoms with Crippen molar-refractivity contribution in [3.63, 3.8) is 0 Å². The van der Waals surface area contributed by atoms with Gasteiger partial charge in [-0.25, -0.2) is 0 Å². The highest BCUT2D eigenvalue weighted by Crippen LogP contribution is 2.27. The smallest absolute Gasteiger partial charge is 0.305 e. The Morgan fingerprint density at radius 2 is 2.05 bits per heavy atom. The Labute approximate surface area is 131 Å². The van der Waals surface area contributed by atoms with Crippen LogP contribution in [0.15, 0.2) is 36.4 Å². The second-order valence-corrected chi connectivity index (χ2v) is 5.45. The maximum Gasteiger partial charge on any atom is 0.305 e. The number of hydrogen-bond donors (Lipinski definition) is 0. The van der Waals surface area contributed by atoms with Crippen LogP contribution in [0.25, 0.3) is 0 Å². The number of ether oxygens (including phenoxy) is 1. The van der Waals surface area contributed by atoms with Crippen LogP contribution < -0.4 is 4.90 Å². The molecular weight excluding hydrogens is 278 g/mol. The van der Waals surface area contributed by atoms with Crippen LogP contribution in [0.4, 0.5) is 5.69 Å². The van der Waals surface area contributed by atoms with E-state index in [1.54, 1.807) is 6.08 Å². The molecule has 0 unspecified atom stereocenters. The molecule has 1 heterocycles. The average Bonchev–Trinajstić information content (AvgIpc) is 2.97. The monoisotopic (exact) mass is 301 g/mol. The van der Waals surface area contributed by atoms with Crippen LogP contribution >= 0.6 is 0 Å². The fourth-order valence-corrected chi connectivity index (χ4v) is 2.65. The summed E-state index contributed by atoms with van der Waals surface area (Å²) in [5.41, 5.74) is 2.28. The van der Waals surface area contributed by atoms with Crippen LogP contribution in [0, 0.1) is 0 Å². The molecule has 22 heavy (non-hydrogen) atoms. The first kappa shape index (κ1) is 16.3. The summed E-state index contributed by atoms with van der Waals surface area (Å²) >= 11 is 0. The predicted molar refractivity (Wildman–Crippen MR) is 86.7 cm³/mol. The van der Waals surface area contributed by atoms with Crippen molar-refractivity contribution in [1.82, 2.24) is 0 Å². The number of esters is 1. The molecule has 1 aliphatic heterocycles. The maximum atomic E-state index is 12.2. The Hall–Kier alpha value is -2.10. The van der Waals surface area contributed by atoms with E-state index in [1.807, 2.05) is 29.2 Å². The minimum absolute atomic E-state index is 0.0551. The molecule has 0 saturated heterocycles. The quantitative estimate of drug-likeness (QED) is 0.441. The molecule has 0 fully saturated rings. The normalized spacial score (nSPS) is 13.4. The molecule has 1 aromatic carbocycles. The van der Waals surface area contributed by atoms with E-state index in [9.17, 15) is 9.59 Å². The van der Waals surface area contributed by atoms with Crippen LogP contribution in [0.1, 0.15) is 37.7 Å². The zero-order chi connectivity index (χ0) is 15.8. The van der Waals surface area contributed by atoms with Gasteiger partial charge in [0.2, 0.25) is 0 Å². The molecule has 0 bridgehead atoms. The van der Waals surface area contributed by atoms with Crippen molar-refractivity contribution in [3.05, 3.63) is 42.0 Å². The standard InChI is InChI=1S/C18H23NO3/c1-22-18(21)12-6-4-2-3-5-11-17(20)19-14-13-15-9-7-8-10-16(15)19/h5,7-11H,2-4,6,12-14H2,1H3/b11-5+. The van der Waals surface area contributed by atoms with Crippen molar-refractivity contribution in [2.24, 2.45) is 0 Å². The Morgan fingerprint density at radius 3 is 2.86 bits per heavy atom. The summed E-state index contributed by atoms with van der Waals surface area (Å²) in [7, 11) is 1.41. The van der Waals surface area contributed by atoms with E-state index in [1.165, 1.54) is 12.7 Å². The van der Waals surface area contributed by atoms with Crippen molar-refractivity contribution in [2.45, 2.75) is 38.5 Å². The molecule has 0 saturated carbocycles. The first-order valence-electron chi connectivity index (χ1n) is 7.85. The molecule has 1 aromatic rings. The average molecular weight is 301 g/mol. The van der Waals surface area contributed by atoms with Crippen molar-refractivity contribution < 1.29 is 14.3 Å². The highest BCUT2D eigenvalue weighted by molar-refractivity contribution is 6.02. The van der Waals surface area contributed by atoms with Crippen molar-refractivity contribution in [2.75, 3.05) is 18.6 Å². The van der Waals surface area contributed by atoms with Crippen LogP contribution in [-0.4, -0.2) is 25.5 Å². The number of nitrogens with zero attached hydrogens (tertiary/aromatic N) is 1. The van der Waals surface area contributed by atoms with Crippen molar-refractivity contribution >= 4 is 17.6 Å². The summed E-state index contributed by atoms with van der Waals surface area (Å²) in [6, 6.07) is 8.06. The minimum Gasteiger partial charge on any atom is -0.469 e. The number of allylic oxidation sites excluding steroid dienone is 1. The van der Waals surface area contributed by atoms with Crippen LogP contribution in [-0.2, 0) is 20.7 Å². The lowest BCUT2D eigenvalue weighted by Crippen LogP contribution is -2.26. The Balaban J connectivity index is 1.69. The van der Waals surface area contributed by atoms with Gasteiger partial charge in [0.15, 0.2) is 0 Å². The van der Waals surface area contributed by atoms with Gasteiger partial charge in [-0.1, -0.05) is 30.7 Å². The second kappa shape index (κ2) is 8.37. The van der Waals surface area contributed by atoms with Crippen LogP contribution in [0.5, 0.6) is 0 Å². The summed E-state index contributed by atoms with van der Waals surface area (Å²) in [5.74, 6) is -0.0991. The highest BCUT2D eigenvalue weighted by Gasteiger charge is 2.21. The molecule has 4 nitrogen and oxygen atoms in total. The third-order valence-electron chi connectivity index (χ3n) is 3.89. The molecule has 118 valence electrons. The fraction of sp³-hybridized carbons (Fsp3) is 0.444. The number of amides is 1. The highest BCUT2D eigenvalue weighted by atomic mass is 16.5. The third kappa shape index (κ3) is 4.45. The Bertz CT molecular complexity index is 551. The lowest BCUT2D eigenvalue weighted by Gasteiger charge is -2.14. The first-order valence-corrected chi connectivity index (χ1v) is 7.85. The molecule has 4 heteroatoms. The summed E-state index contributed by atoms with van der Waals surface area (Å²) < 4.78 is 4.59. The number of carbonyl (C=O) groups is 2. The number of para-hydroxylation sites is 1. The molecule has 0 aromatic heterocycles. The number of fused-ring (bicyclic) bond motifs is 1. The summed E-state index contributed by atoms with van der Waals surface area (Å²) in [5, 5.41) is 0. The molecule has 1 aliphatic rings. The SMILES string of the molecule is COC(=O)CCCCC/C=C/C(=O)N1CCc2ccccc21. The number of rotatable bonds is 7. The van der Waals surface area contributed by atoms with Gasteiger partial charge in [0.25, 0.3) is 5.91 Å². The molecule has 0 atom stereocenters. The van der Waals surface area contributed by atoms with E-state index >= 15 is 0 Å². The van der Waals surface area contributed by atoms with Gasteiger partial charge >= 0.3 is 5.97 Å². The van der Waals surface area contributed by atoms with E-state index < -0.39 is 0 Å². The lowest BCUT2D eigenvalue weighted by molar-refractivity contribution is -0.140. The molecule has 0 aliphatic carbocycles. The molecule has 0 radical (unpaired) electrons. The number of anilines is 1. The van der Waals surface area contributed by atoms with Gasteiger partial charge in [-0.2, -0.15) is 0 Å². The summed E-state index contributed by atoms with van der Waals surface area (Å²) in [6.07, 6.45) is 8.67. The Morgan fingerprint density at radius 1 is 1.23 bits per heavy atom. The van der Waals surface area contributed by atoms with E-state index in [2.05, 4.69) is 10.8 Å². The third-order valence-corrected chi connectivity index (χ3v) is 3.89. The van der Waals surface area contributed by atoms with E-state index in [-0.39, 0.29) is 11.9 Å². The van der Waals surface area contributed by atoms with Gasteiger partial charge in [0.1, 0.15) is 0 Å². The summed E-state index contributed by atoms with van der Waals surface area (Å²) in [4.78, 5) is 25.0. The van der Waals surface area contributed by atoms with E-state index in [4.69, 9.17) is 0 Å². The predicted octanol–water partition coefficient (Wildman–Crippen LogP) is 3.26. The van der Waals surface area contributed by atoms with Crippen LogP contribution in [0.2, 0.25) is 0 Å². The van der Waals surface area contributed by atoms with Gasteiger partial charge in [0.05, 0.1) is 7.11 Å². The van der Waals surface area contributed by atoms with Gasteiger partial charge in [-0.05, 0) is 43.4 Å². The molecular formula is C18H23NO3. The number of methoxy groups -OCH3 is 1. The number of hydrogen-bond acceptors (Lipinski definition) is 3. The van der Waals surface area contributed by atoms with Crippen molar-refractivity contribution in [3.8, 4) is 0 Å². The van der Waals surface area contributed by atoms with Gasteiger partial charge in [-0.3, -0.25) is 9.59 Å². The van der Waals surface area contributed by atoms with E-state index in [0.717, 1.165) is 44.3 Å². The first-order chi connectivity index (χ1) is 10.7. The molecule has 2 rings (SSSR count). The molecule has 0 N–H and O–H groups in total. The fourth-order valence-electron chi connectivity index (χ4n) is 2.65. The molecule has 0 spiro atoms. The largest absolute Gasteiger partial charge is 0.469 e. The minimum atomic E-state index is -0.154. The maximum absolute atomic E-state index is 12.2. The molecule has 1 amide bonds. The number of carbonyl (C=O) groups excluding carboxylic acids is 2. The number of unbranched alkanes of at least 4 members (excludes halogenated alkanes) is 3. The van der Waals surface area contributed by atoms with Gasteiger partial charge < -0.3 is 9.64 Å². The zero-order valence-electron chi connectivity index (χ0n) is 13.1. The van der Waals surface area contributed by atoms with Crippen molar-refractivity contribution in [1.29, 1.82) is 0 Å². The topological polar surface area (TPSA) is 46.6 Å². The second-order valence-electron chi connectivity index (χ2n) is 5.45. The summed E-state index contributed by atoms with van der Waals surface area (Å²) in [6.45, 7) is 0.766. The van der Waals surface area contributed by atoms with E-state index in [0.29, 0.717) is 6.42 Å².